The van der Waals surface area contributed by atoms with Crippen LogP contribution in [0.1, 0.15) is 25.2 Å². The van der Waals surface area contributed by atoms with Crippen molar-refractivity contribution in [1.29, 1.82) is 0 Å². The third-order valence-electron chi connectivity index (χ3n) is 2.94. The van der Waals surface area contributed by atoms with Gasteiger partial charge in [-0.15, -0.1) is 0 Å². The quantitative estimate of drug-likeness (QED) is 0.823. The van der Waals surface area contributed by atoms with E-state index in [1.165, 1.54) is 6.26 Å². The number of nitrogens with one attached hydrogen (secondary N) is 2. The summed E-state index contributed by atoms with van der Waals surface area (Å²) in [5, 5.41) is 3.26. The van der Waals surface area contributed by atoms with Gasteiger partial charge < -0.3 is 9.73 Å². The van der Waals surface area contributed by atoms with E-state index in [-0.39, 0.29) is 11.4 Å². The van der Waals surface area contributed by atoms with Crippen LogP contribution in [0.4, 0.5) is 0 Å². The van der Waals surface area contributed by atoms with E-state index in [2.05, 4.69) is 10.0 Å². The molecule has 6 heteroatoms. The maximum atomic E-state index is 12.2. The lowest BCUT2D eigenvalue weighted by atomic mass is 10.2. The van der Waals surface area contributed by atoms with Gasteiger partial charge >= 0.3 is 0 Å². The number of benzene rings is 1. The lowest BCUT2D eigenvalue weighted by Crippen LogP contribution is -2.24. The molecule has 0 fully saturated rings. The molecular formula is C15H20N2O3S. The molecule has 0 bridgehead atoms. The second-order valence-corrected chi connectivity index (χ2v) is 6.85. The summed E-state index contributed by atoms with van der Waals surface area (Å²) in [5.41, 5.74) is 0.935. The zero-order chi connectivity index (χ0) is 15.3. The van der Waals surface area contributed by atoms with Gasteiger partial charge in [-0.1, -0.05) is 26.0 Å². The maximum Gasteiger partial charge on any atom is 0.240 e. The van der Waals surface area contributed by atoms with Crippen molar-refractivity contribution in [2.24, 2.45) is 0 Å². The van der Waals surface area contributed by atoms with Crippen LogP contribution in [-0.2, 0) is 23.1 Å². The molecule has 0 atom stereocenters. The molecule has 2 N–H and O–H groups in total. The lowest BCUT2D eigenvalue weighted by Gasteiger charge is -2.10. The first-order valence-electron chi connectivity index (χ1n) is 6.82. The fraction of sp³-hybridized carbons (Fsp3) is 0.333. The first-order chi connectivity index (χ1) is 9.97. The Labute approximate surface area is 125 Å². The molecule has 0 spiro atoms. The minimum absolute atomic E-state index is 0.143. The van der Waals surface area contributed by atoms with Crippen molar-refractivity contribution in [3.05, 3.63) is 54.0 Å². The molecule has 0 aliphatic rings. The number of rotatable bonds is 7. The summed E-state index contributed by atoms with van der Waals surface area (Å²) < 4.78 is 32.1. The molecule has 1 aromatic heterocycles. The van der Waals surface area contributed by atoms with E-state index in [1.54, 1.807) is 30.3 Å². The van der Waals surface area contributed by atoms with Crippen molar-refractivity contribution >= 4 is 10.0 Å². The van der Waals surface area contributed by atoms with Gasteiger partial charge in [-0.3, -0.25) is 0 Å². The minimum Gasteiger partial charge on any atom is -0.468 e. The van der Waals surface area contributed by atoms with E-state index in [0.29, 0.717) is 18.3 Å². The van der Waals surface area contributed by atoms with Crippen LogP contribution in [0, 0.1) is 0 Å². The molecule has 114 valence electrons. The molecule has 0 unspecified atom stereocenters. The van der Waals surface area contributed by atoms with Crippen LogP contribution < -0.4 is 10.0 Å². The molecule has 2 rings (SSSR count). The largest absolute Gasteiger partial charge is 0.468 e. The zero-order valence-corrected chi connectivity index (χ0v) is 13.0. The highest BCUT2D eigenvalue weighted by atomic mass is 32.2. The van der Waals surface area contributed by atoms with Crippen molar-refractivity contribution in [3.8, 4) is 0 Å². The predicted molar refractivity (Wildman–Crippen MR) is 81.2 cm³/mol. The van der Waals surface area contributed by atoms with Crippen LogP contribution in [0.25, 0.3) is 0 Å². The number of hydrogen-bond acceptors (Lipinski definition) is 4. The monoisotopic (exact) mass is 308 g/mol. The second kappa shape index (κ2) is 6.89. The molecule has 0 aliphatic heterocycles. The Balaban J connectivity index is 2.06. The minimum atomic E-state index is -3.54. The molecule has 0 saturated carbocycles. The van der Waals surface area contributed by atoms with Gasteiger partial charge in [0.2, 0.25) is 10.0 Å². The maximum absolute atomic E-state index is 12.2. The Hall–Kier alpha value is -1.63. The van der Waals surface area contributed by atoms with Crippen molar-refractivity contribution in [2.45, 2.75) is 37.9 Å². The summed E-state index contributed by atoms with van der Waals surface area (Å²) in [6.07, 6.45) is 1.52. The Bertz CT molecular complexity index is 664. The molecule has 0 radical (unpaired) electrons. The van der Waals surface area contributed by atoms with Gasteiger partial charge in [0.1, 0.15) is 5.76 Å². The SMILES string of the molecule is CC(C)NCc1cccc(S(=O)(=O)NCc2ccco2)c1. The van der Waals surface area contributed by atoms with E-state index in [1.807, 2.05) is 19.9 Å². The van der Waals surface area contributed by atoms with Gasteiger partial charge in [0, 0.05) is 12.6 Å². The van der Waals surface area contributed by atoms with Crippen molar-refractivity contribution in [1.82, 2.24) is 10.0 Å². The first kappa shape index (κ1) is 15.8. The summed E-state index contributed by atoms with van der Waals surface area (Å²) in [6.45, 7) is 4.88. The molecule has 21 heavy (non-hydrogen) atoms. The Morgan fingerprint density at radius 3 is 2.62 bits per heavy atom. The highest BCUT2D eigenvalue weighted by Gasteiger charge is 2.14. The standard InChI is InChI=1S/C15H20N2O3S/c1-12(2)16-10-13-5-3-7-15(9-13)21(18,19)17-11-14-6-4-8-20-14/h3-9,12,16-17H,10-11H2,1-2H3. The van der Waals surface area contributed by atoms with Gasteiger partial charge in [-0.05, 0) is 29.8 Å². The molecule has 1 aromatic carbocycles. The molecule has 0 saturated heterocycles. The van der Waals surface area contributed by atoms with Crippen LogP contribution in [0.3, 0.4) is 0 Å². The second-order valence-electron chi connectivity index (χ2n) is 5.09. The van der Waals surface area contributed by atoms with E-state index in [0.717, 1.165) is 5.56 Å². The van der Waals surface area contributed by atoms with E-state index in [4.69, 9.17) is 4.42 Å². The van der Waals surface area contributed by atoms with Crippen molar-refractivity contribution in [3.63, 3.8) is 0 Å². The van der Waals surface area contributed by atoms with Crippen LogP contribution in [0.2, 0.25) is 0 Å². The Morgan fingerprint density at radius 2 is 1.95 bits per heavy atom. The van der Waals surface area contributed by atoms with Gasteiger partial charge in [-0.2, -0.15) is 0 Å². The summed E-state index contributed by atoms with van der Waals surface area (Å²) >= 11 is 0. The van der Waals surface area contributed by atoms with Crippen LogP contribution >= 0.6 is 0 Å². The van der Waals surface area contributed by atoms with Crippen molar-refractivity contribution in [2.75, 3.05) is 0 Å². The van der Waals surface area contributed by atoms with Gasteiger partial charge in [-0.25, -0.2) is 13.1 Å². The van der Waals surface area contributed by atoms with Gasteiger partial charge in [0.25, 0.3) is 0 Å². The average molecular weight is 308 g/mol. The predicted octanol–water partition coefficient (Wildman–Crippen LogP) is 2.26. The molecule has 2 aromatic rings. The lowest BCUT2D eigenvalue weighted by molar-refractivity contribution is 0.498. The number of hydrogen-bond donors (Lipinski definition) is 2. The molecule has 5 nitrogen and oxygen atoms in total. The van der Waals surface area contributed by atoms with Crippen LogP contribution in [0.15, 0.2) is 52.0 Å². The van der Waals surface area contributed by atoms with E-state index < -0.39 is 10.0 Å². The molecular weight excluding hydrogens is 288 g/mol. The summed E-state index contributed by atoms with van der Waals surface area (Å²) in [7, 11) is -3.54. The van der Waals surface area contributed by atoms with E-state index >= 15 is 0 Å². The highest BCUT2D eigenvalue weighted by molar-refractivity contribution is 7.89. The van der Waals surface area contributed by atoms with Crippen molar-refractivity contribution < 1.29 is 12.8 Å². The fourth-order valence-corrected chi connectivity index (χ4v) is 2.87. The summed E-state index contributed by atoms with van der Waals surface area (Å²) in [6, 6.07) is 10.7. The van der Waals surface area contributed by atoms with Crippen LogP contribution in [0.5, 0.6) is 0 Å². The summed E-state index contributed by atoms with van der Waals surface area (Å²) in [4.78, 5) is 0.261. The number of sulfonamides is 1. The normalized spacial score (nSPS) is 12.0. The molecule has 1 heterocycles. The highest BCUT2D eigenvalue weighted by Crippen LogP contribution is 2.12. The topological polar surface area (TPSA) is 71.3 Å². The van der Waals surface area contributed by atoms with E-state index in [9.17, 15) is 8.42 Å². The Morgan fingerprint density at radius 1 is 1.14 bits per heavy atom. The van der Waals surface area contributed by atoms with Gasteiger partial charge in [0.05, 0.1) is 17.7 Å². The smallest absolute Gasteiger partial charge is 0.240 e. The molecule has 0 aliphatic carbocycles. The fourth-order valence-electron chi connectivity index (χ4n) is 1.81. The first-order valence-corrected chi connectivity index (χ1v) is 8.30. The molecule has 0 amide bonds. The van der Waals surface area contributed by atoms with Crippen LogP contribution in [-0.4, -0.2) is 14.5 Å². The third kappa shape index (κ3) is 4.70. The van der Waals surface area contributed by atoms with Gasteiger partial charge in [0.15, 0.2) is 0 Å². The Kier molecular flexibility index (Phi) is 5.17. The summed E-state index contributed by atoms with van der Waals surface area (Å²) in [5.74, 6) is 0.580. The number of furan rings is 1. The zero-order valence-electron chi connectivity index (χ0n) is 12.2. The third-order valence-corrected chi connectivity index (χ3v) is 4.34. The average Bonchev–Trinajstić information content (AvgIpc) is 2.97.